The molecule has 0 amide bonds. The summed E-state index contributed by atoms with van der Waals surface area (Å²) < 4.78 is 53.8. The number of benzene rings is 1. The third kappa shape index (κ3) is 5.12. The van der Waals surface area contributed by atoms with Crippen LogP contribution in [0.1, 0.15) is 37.4 Å². The Kier molecular flexibility index (Phi) is 6.63. The molecular formula is C25H26F3N5O2. The zero-order valence-corrected chi connectivity index (χ0v) is 19.2. The number of alkyl halides is 2. The summed E-state index contributed by atoms with van der Waals surface area (Å²) in [7, 11) is 0. The van der Waals surface area contributed by atoms with Crippen LogP contribution < -0.4 is 10.1 Å². The van der Waals surface area contributed by atoms with E-state index in [1.807, 2.05) is 0 Å². The van der Waals surface area contributed by atoms with Gasteiger partial charge in [0.2, 0.25) is 0 Å². The van der Waals surface area contributed by atoms with Crippen molar-refractivity contribution in [1.82, 2.24) is 19.2 Å². The molecule has 35 heavy (non-hydrogen) atoms. The van der Waals surface area contributed by atoms with Crippen molar-refractivity contribution in [2.24, 2.45) is 0 Å². The second kappa shape index (κ2) is 9.99. The molecule has 7 nitrogen and oxygen atoms in total. The van der Waals surface area contributed by atoms with Crippen LogP contribution in [0.2, 0.25) is 0 Å². The molecule has 0 spiro atoms. The first-order valence-corrected chi connectivity index (χ1v) is 11.5. The van der Waals surface area contributed by atoms with Gasteiger partial charge in [-0.3, -0.25) is 0 Å². The minimum Gasteiger partial charge on any atom is -0.487 e. The van der Waals surface area contributed by atoms with Crippen molar-refractivity contribution in [3.05, 3.63) is 66.5 Å². The van der Waals surface area contributed by atoms with Crippen molar-refractivity contribution < 1.29 is 22.6 Å². The molecule has 10 heteroatoms. The summed E-state index contributed by atoms with van der Waals surface area (Å²) in [6.07, 6.45) is 7.09. The van der Waals surface area contributed by atoms with Crippen LogP contribution >= 0.6 is 0 Å². The van der Waals surface area contributed by atoms with Gasteiger partial charge in [-0.15, -0.1) is 0 Å². The Hall–Kier alpha value is -3.53. The third-order valence-corrected chi connectivity index (χ3v) is 6.17. The van der Waals surface area contributed by atoms with Gasteiger partial charge in [0.05, 0.1) is 12.2 Å². The van der Waals surface area contributed by atoms with E-state index >= 15 is 0 Å². The molecule has 0 radical (unpaired) electrons. The first-order chi connectivity index (χ1) is 17.0. The summed E-state index contributed by atoms with van der Waals surface area (Å²) in [6.45, 7) is 2.57. The Morgan fingerprint density at radius 3 is 2.80 bits per heavy atom. The van der Waals surface area contributed by atoms with Crippen molar-refractivity contribution in [2.45, 2.75) is 38.3 Å². The lowest BCUT2D eigenvalue weighted by atomic mass is 10.1. The summed E-state index contributed by atoms with van der Waals surface area (Å²) >= 11 is 0. The molecule has 1 saturated heterocycles. The molecule has 1 aromatic carbocycles. The lowest BCUT2D eigenvalue weighted by Crippen LogP contribution is -2.18. The predicted molar refractivity (Wildman–Crippen MR) is 125 cm³/mol. The van der Waals surface area contributed by atoms with Gasteiger partial charge in [-0.2, -0.15) is 5.10 Å². The quantitative estimate of drug-likeness (QED) is 0.357. The van der Waals surface area contributed by atoms with Crippen LogP contribution in [-0.2, 0) is 4.74 Å². The third-order valence-electron chi connectivity index (χ3n) is 6.17. The van der Waals surface area contributed by atoms with Crippen molar-refractivity contribution in [1.29, 1.82) is 0 Å². The van der Waals surface area contributed by atoms with E-state index in [-0.39, 0.29) is 5.75 Å². The fraction of sp³-hybridized carbons (Fsp3) is 0.360. The van der Waals surface area contributed by atoms with E-state index in [0.29, 0.717) is 23.1 Å². The Bertz CT molecular complexity index is 1300. The van der Waals surface area contributed by atoms with Crippen molar-refractivity contribution in [3.63, 3.8) is 0 Å². The monoisotopic (exact) mass is 485 g/mol. The Balaban J connectivity index is 1.39. The maximum absolute atomic E-state index is 13.9. The number of halogens is 3. The van der Waals surface area contributed by atoms with Gasteiger partial charge >= 0.3 is 0 Å². The number of rotatable bonds is 8. The van der Waals surface area contributed by atoms with Crippen LogP contribution in [0, 0.1) is 5.82 Å². The highest BCUT2D eigenvalue weighted by molar-refractivity contribution is 5.77. The van der Waals surface area contributed by atoms with Crippen LogP contribution in [0.15, 0.2) is 55.1 Å². The molecule has 1 N–H and O–H groups in total. The standard InChI is InChI=1S/C25H26F3N5O2/c1-16(20-12-18(26)2-3-22(20)35-15-23(27)28)30-24-5-9-33-25(31-24)21(13-29-33)17-4-8-32(14-17)19-6-10-34-11-7-19/h2-5,8-9,12-14,16,19,23H,6-7,10-11,15H2,1H3,(H,30,31). The lowest BCUT2D eigenvalue weighted by molar-refractivity contribution is 0.0697. The minimum absolute atomic E-state index is 0.201. The van der Waals surface area contributed by atoms with E-state index < -0.39 is 24.9 Å². The molecule has 4 aromatic rings. The smallest absolute Gasteiger partial charge is 0.272 e. The van der Waals surface area contributed by atoms with Crippen molar-refractivity contribution >= 4 is 11.5 Å². The van der Waals surface area contributed by atoms with Gasteiger partial charge in [-0.1, -0.05) is 0 Å². The molecule has 0 saturated carbocycles. The highest BCUT2D eigenvalue weighted by Gasteiger charge is 2.19. The van der Waals surface area contributed by atoms with Crippen molar-refractivity contribution in [3.8, 4) is 16.9 Å². The van der Waals surface area contributed by atoms with Crippen LogP contribution in [0.5, 0.6) is 5.75 Å². The fourth-order valence-corrected chi connectivity index (χ4v) is 4.38. The number of hydrogen-bond acceptors (Lipinski definition) is 5. The molecule has 1 unspecified atom stereocenters. The summed E-state index contributed by atoms with van der Waals surface area (Å²) in [4.78, 5) is 4.73. The zero-order chi connectivity index (χ0) is 24.4. The molecule has 5 rings (SSSR count). The fourth-order valence-electron chi connectivity index (χ4n) is 4.38. The largest absolute Gasteiger partial charge is 0.487 e. The maximum Gasteiger partial charge on any atom is 0.272 e. The summed E-state index contributed by atoms with van der Waals surface area (Å²) in [6, 6.07) is 7.60. The molecule has 1 aliphatic rings. The molecular weight excluding hydrogens is 459 g/mol. The van der Waals surface area contributed by atoms with E-state index in [2.05, 4.69) is 33.4 Å². The van der Waals surface area contributed by atoms with Crippen LogP contribution in [0.4, 0.5) is 19.0 Å². The van der Waals surface area contributed by atoms with E-state index in [1.165, 1.54) is 18.2 Å². The van der Waals surface area contributed by atoms with Gasteiger partial charge in [0.25, 0.3) is 6.43 Å². The summed E-state index contributed by atoms with van der Waals surface area (Å²) in [5, 5.41) is 7.64. The Morgan fingerprint density at radius 1 is 1.17 bits per heavy atom. The molecule has 1 fully saturated rings. The maximum atomic E-state index is 13.9. The molecule has 184 valence electrons. The Morgan fingerprint density at radius 2 is 2.00 bits per heavy atom. The summed E-state index contributed by atoms with van der Waals surface area (Å²) in [5.74, 6) is 0.264. The van der Waals surface area contributed by atoms with E-state index in [9.17, 15) is 13.2 Å². The number of nitrogens with zero attached hydrogens (tertiary/aromatic N) is 4. The lowest BCUT2D eigenvalue weighted by Gasteiger charge is -2.23. The number of anilines is 1. The average Bonchev–Trinajstić information content (AvgIpc) is 3.50. The number of aromatic nitrogens is 4. The van der Waals surface area contributed by atoms with Gasteiger partial charge in [-0.05, 0) is 50.1 Å². The first kappa shape index (κ1) is 23.2. The molecule has 1 atom stereocenters. The van der Waals surface area contributed by atoms with E-state index in [0.717, 1.165) is 37.2 Å². The van der Waals surface area contributed by atoms with Gasteiger partial charge in [0, 0.05) is 54.5 Å². The van der Waals surface area contributed by atoms with E-state index in [4.69, 9.17) is 14.5 Å². The second-order valence-corrected chi connectivity index (χ2v) is 8.58. The molecule has 0 aliphatic carbocycles. The summed E-state index contributed by atoms with van der Waals surface area (Å²) in [5.41, 5.74) is 2.99. The zero-order valence-electron chi connectivity index (χ0n) is 19.2. The number of fused-ring (bicyclic) bond motifs is 1. The van der Waals surface area contributed by atoms with Gasteiger partial charge in [0.1, 0.15) is 24.0 Å². The van der Waals surface area contributed by atoms with Crippen LogP contribution in [0.3, 0.4) is 0 Å². The second-order valence-electron chi connectivity index (χ2n) is 8.58. The topological polar surface area (TPSA) is 65.6 Å². The highest BCUT2D eigenvalue weighted by Crippen LogP contribution is 2.31. The average molecular weight is 486 g/mol. The minimum atomic E-state index is -2.62. The predicted octanol–water partition coefficient (Wildman–Crippen LogP) is 5.51. The number of nitrogens with one attached hydrogen (secondary N) is 1. The SMILES string of the molecule is CC(Nc1ccn2ncc(-c3ccn(C4CCOCC4)c3)c2n1)c1cc(F)ccc1OCC(F)F. The molecule has 4 heterocycles. The van der Waals surface area contributed by atoms with Gasteiger partial charge < -0.3 is 19.4 Å². The first-order valence-electron chi connectivity index (χ1n) is 11.5. The van der Waals surface area contributed by atoms with Crippen LogP contribution in [-0.4, -0.2) is 45.4 Å². The molecule has 0 bridgehead atoms. The molecule has 1 aliphatic heterocycles. The number of ether oxygens (including phenoxy) is 2. The van der Waals surface area contributed by atoms with Crippen LogP contribution in [0.25, 0.3) is 16.8 Å². The Labute approximate surface area is 200 Å². The van der Waals surface area contributed by atoms with E-state index in [1.54, 1.807) is 29.9 Å². The number of hydrogen-bond donors (Lipinski definition) is 1. The van der Waals surface area contributed by atoms with Crippen molar-refractivity contribution in [2.75, 3.05) is 25.1 Å². The molecule has 3 aromatic heterocycles. The normalized spacial score (nSPS) is 15.6. The highest BCUT2D eigenvalue weighted by atomic mass is 19.3. The van der Waals surface area contributed by atoms with Gasteiger partial charge in [0.15, 0.2) is 5.65 Å². The van der Waals surface area contributed by atoms with Gasteiger partial charge in [-0.25, -0.2) is 22.7 Å².